The normalized spacial score (nSPS) is 16.3. The number of aliphatic imine (C=N–C) groups is 1. The maximum absolute atomic E-state index is 12.7. The van der Waals surface area contributed by atoms with Crippen molar-refractivity contribution >= 4 is 46.3 Å². The molecule has 4 rings (SSSR count). The number of amidine groups is 1. The third-order valence-electron chi connectivity index (χ3n) is 5.82. The zero-order chi connectivity index (χ0) is 25.8. The van der Waals surface area contributed by atoms with E-state index >= 15 is 0 Å². The molecule has 0 saturated heterocycles. The molecule has 0 fully saturated rings. The number of carbonyl (C=O) groups excluding carboxylic acids is 1. The van der Waals surface area contributed by atoms with Crippen LogP contribution < -0.4 is 26.2 Å². The molecule has 0 radical (unpaired) electrons. The molecule has 1 aliphatic rings. The van der Waals surface area contributed by atoms with Crippen LogP contribution in [0.2, 0.25) is 0 Å². The van der Waals surface area contributed by atoms with Crippen molar-refractivity contribution in [2.75, 3.05) is 27.5 Å². The summed E-state index contributed by atoms with van der Waals surface area (Å²) >= 11 is 0. The number of hydrogen-bond donors (Lipinski definition) is 3. The Balaban J connectivity index is 1.62. The van der Waals surface area contributed by atoms with Gasteiger partial charge >= 0.3 is 0 Å². The zero-order valence-corrected chi connectivity index (χ0v) is 21.2. The topological polar surface area (TPSA) is 112 Å². The zero-order valence-electron chi connectivity index (χ0n) is 21.2. The number of likely N-dealkylation sites (N-methyl/N-ethyl adjacent to an activating group) is 1. The molecule has 3 aromatic rings. The number of benzene rings is 2. The predicted molar refractivity (Wildman–Crippen MR) is 147 cm³/mol. The van der Waals surface area contributed by atoms with Gasteiger partial charge < -0.3 is 26.2 Å². The summed E-state index contributed by atoms with van der Waals surface area (Å²) < 4.78 is 0. The Kier molecular flexibility index (Phi) is 7.19. The highest BCUT2D eigenvalue weighted by atomic mass is 16.2. The molecule has 1 atom stereocenters. The van der Waals surface area contributed by atoms with Crippen LogP contribution in [0, 0.1) is 0 Å². The second-order valence-corrected chi connectivity index (χ2v) is 9.02. The Morgan fingerprint density at radius 1 is 1.11 bits per heavy atom. The van der Waals surface area contributed by atoms with Gasteiger partial charge in [0.1, 0.15) is 11.9 Å². The molecule has 9 nitrogen and oxygen atoms in total. The van der Waals surface area contributed by atoms with Crippen LogP contribution >= 0.6 is 0 Å². The van der Waals surface area contributed by atoms with Crippen LogP contribution in [0.1, 0.15) is 27.7 Å². The fraction of sp³-hybridized carbons (Fsp3) is 0.259. The molecule has 0 bridgehead atoms. The summed E-state index contributed by atoms with van der Waals surface area (Å²) in [6.45, 7) is 7.91. The number of para-hydroxylation sites is 1. The first kappa shape index (κ1) is 24.7. The van der Waals surface area contributed by atoms with Crippen molar-refractivity contribution in [2.24, 2.45) is 10.7 Å². The number of aromatic nitrogens is 2. The minimum atomic E-state index is -0.249. The number of anilines is 5. The van der Waals surface area contributed by atoms with Crippen molar-refractivity contribution in [1.82, 2.24) is 9.97 Å². The Hall–Kier alpha value is -4.40. The minimum absolute atomic E-state index is 0.0764. The SMILES string of the molecule is CC(N)=CC(=Nc1ccnc(Nc2ccc3c(c2)N(C(C)C)C(C)C(=O)N3C)n1)Nc1ccccc1. The second-order valence-electron chi connectivity index (χ2n) is 9.02. The summed E-state index contributed by atoms with van der Waals surface area (Å²) in [6, 6.07) is 17.3. The summed E-state index contributed by atoms with van der Waals surface area (Å²) in [5.74, 6) is 1.53. The van der Waals surface area contributed by atoms with E-state index in [-0.39, 0.29) is 18.0 Å². The number of amides is 1. The Labute approximate surface area is 211 Å². The van der Waals surface area contributed by atoms with E-state index in [0.29, 0.717) is 23.3 Å². The smallest absolute Gasteiger partial charge is 0.249 e. The number of fused-ring (bicyclic) bond motifs is 1. The molecule has 9 heteroatoms. The Bertz CT molecular complexity index is 1300. The summed E-state index contributed by atoms with van der Waals surface area (Å²) in [5, 5.41) is 6.54. The highest BCUT2D eigenvalue weighted by molar-refractivity contribution is 6.06. The molecular formula is C27H32N8O. The van der Waals surface area contributed by atoms with Gasteiger partial charge in [0.15, 0.2) is 5.82 Å². The molecule has 1 unspecified atom stereocenters. The van der Waals surface area contributed by atoms with Crippen molar-refractivity contribution in [1.29, 1.82) is 0 Å². The molecule has 2 heterocycles. The van der Waals surface area contributed by atoms with Gasteiger partial charge in [0.05, 0.1) is 11.4 Å². The first-order valence-corrected chi connectivity index (χ1v) is 11.9. The van der Waals surface area contributed by atoms with Gasteiger partial charge in [0, 0.05) is 42.4 Å². The van der Waals surface area contributed by atoms with E-state index < -0.39 is 0 Å². The third-order valence-corrected chi connectivity index (χ3v) is 5.82. The van der Waals surface area contributed by atoms with Gasteiger partial charge in [0.2, 0.25) is 11.9 Å². The van der Waals surface area contributed by atoms with E-state index in [1.54, 1.807) is 30.2 Å². The number of hydrogen-bond acceptors (Lipinski definition) is 7. The van der Waals surface area contributed by atoms with Gasteiger partial charge in [0.25, 0.3) is 0 Å². The van der Waals surface area contributed by atoms with Crippen LogP contribution in [0.5, 0.6) is 0 Å². The third kappa shape index (κ3) is 5.46. The molecule has 186 valence electrons. The van der Waals surface area contributed by atoms with Crippen LogP contribution in [0.4, 0.5) is 34.5 Å². The molecule has 0 aliphatic carbocycles. The molecule has 0 saturated carbocycles. The maximum Gasteiger partial charge on any atom is 0.249 e. The molecule has 1 amide bonds. The number of rotatable bonds is 6. The lowest BCUT2D eigenvalue weighted by atomic mass is 10.0. The molecule has 1 aromatic heterocycles. The molecule has 2 aromatic carbocycles. The molecule has 0 spiro atoms. The summed E-state index contributed by atoms with van der Waals surface area (Å²) in [6.07, 6.45) is 3.41. The van der Waals surface area contributed by atoms with E-state index in [4.69, 9.17) is 5.73 Å². The number of nitrogens with one attached hydrogen (secondary N) is 2. The lowest BCUT2D eigenvalue weighted by Gasteiger charge is -2.42. The van der Waals surface area contributed by atoms with Crippen LogP contribution in [-0.4, -0.2) is 40.8 Å². The standard InChI is InChI=1S/C27H32N8O/c1-17(2)35-19(4)26(36)34(5)22-12-11-21(16-23(22)35)31-27-29-14-13-24(33-27)32-25(15-18(3)28)30-20-9-7-6-8-10-20/h6-17,19H,28H2,1-5H3,(H2,29,30,31,32,33). The van der Waals surface area contributed by atoms with Gasteiger partial charge in [-0.2, -0.15) is 4.98 Å². The molecule has 1 aliphatic heterocycles. The van der Waals surface area contributed by atoms with Crippen molar-refractivity contribution < 1.29 is 4.79 Å². The van der Waals surface area contributed by atoms with Gasteiger partial charge in [-0.05, 0) is 64.1 Å². The van der Waals surface area contributed by atoms with E-state index in [0.717, 1.165) is 22.7 Å². The number of nitrogens with zero attached hydrogens (tertiary/aromatic N) is 5. The molecule has 36 heavy (non-hydrogen) atoms. The van der Waals surface area contributed by atoms with Gasteiger partial charge in [-0.25, -0.2) is 9.98 Å². The van der Waals surface area contributed by atoms with E-state index in [9.17, 15) is 4.79 Å². The summed E-state index contributed by atoms with van der Waals surface area (Å²) in [4.78, 5) is 30.1. The highest BCUT2D eigenvalue weighted by Gasteiger charge is 2.34. The largest absolute Gasteiger partial charge is 0.402 e. The van der Waals surface area contributed by atoms with Crippen LogP contribution in [0.25, 0.3) is 0 Å². The minimum Gasteiger partial charge on any atom is -0.402 e. The van der Waals surface area contributed by atoms with Gasteiger partial charge in [-0.3, -0.25) is 4.79 Å². The maximum atomic E-state index is 12.7. The highest BCUT2D eigenvalue weighted by Crippen LogP contribution is 2.39. The lowest BCUT2D eigenvalue weighted by Crippen LogP contribution is -2.53. The average molecular weight is 485 g/mol. The number of carbonyl (C=O) groups is 1. The Morgan fingerprint density at radius 2 is 1.86 bits per heavy atom. The lowest BCUT2D eigenvalue weighted by molar-refractivity contribution is -0.119. The van der Waals surface area contributed by atoms with E-state index in [1.165, 1.54) is 0 Å². The quantitative estimate of drug-likeness (QED) is 0.340. The second kappa shape index (κ2) is 10.5. The van der Waals surface area contributed by atoms with Crippen molar-refractivity contribution in [3.8, 4) is 0 Å². The fourth-order valence-electron chi connectivity index (χ4n) is 4.25. The summed E-state index contributed by atoms with van der Waals surface area (Å²) in [5.41, 5.74) is 10.1. The monoisotopic (exact) mass is 484 g/mol. The number of nitrogens with two attached hydrogens (primary N) is 1. The molecule has 4 N–H and O–H groups in total. The first-order valence-electron chi connectivity index (χ1n) is 11.9. The van der Waals surface area contributed by atoms with Crippen LogP contribution in [0.15, 0.2) is 77.6 Å². The van der Waals surface area contributed by atoms with E-state index in [2.05, 4.69) is 44.3 Å². The number of allylic oxidation sites excluding steroid dienone is 1. The Morgan fingerprint density at radius 3 is 2.56 bits per heavy atom. The molecular weight excluding hydrogens is 452 g/mol. The van der Waals surface area contributed by atoms with Crippen molar-refractivity contribution in [3.63, 3.8) is 0 Å². The van der Waals surface area contributed by atoms with Crippen LogP contribution in [-0.2, 0) is 4.79 Å². The van der Waals surface area contributed by atoms with Crippen molar-refractivity contribution in [2.45, 2.75) is 39.8 Å². The summed E-state index contributed by atoms with van der Waals surface area (Å²) in [7, 11) is 1.81. The van der Waals surface area contributed by atoms with Crippen LogP contribution in [0.3, 0.4) is 0 Å². The predicted octanol–water partition coefficient (Wildman–Crippen LogP) is 4.80. The fourth-order valence-corrected chi connectivity index (χ4v) is 4.25. The van der Waals surface area contributed by atoms with Gasteiger partial charge in [-0.15, -0.1) is 0 Å². The van der Waals surface area contributed by atoms with Gasteiger partial charge in [-0.1, -0.05) is 18.2 Å². The van der Waals surface area contributed by atoms with Crippen molar-refractivity contribution in [3.05, 3.63) is 72.6 Å². The average Bonchev–Trinajstić information content (AvgIpc) is 2.83. The van der Waals surface area contributed by atoms with E-state index in [1.807, 2.05) is 62.5 Å². The first-order chi connectivity index (χ1) is 17.2.